The van der Waals surface area contributed by atoms with Crippen LogP contribution in [-0.2, 0) is 9.53 Å². The molecule has 0 atom stereocenters. The summed E-state index contributed by atoms with van der Waals surface area (Å²) >= 11 is 0. The average Bonchev–Trinajstić information content (AvgIpc) is 2.54. The molecule has 7 nitrogen and oxygen atoms in total. The Morgan fingerprint density at radius 1 is 1.30 bits per heavy atom. The number of hydrogen-bond donors (Lipinski definition) is 1. The molecule has 126 valence electrons. The molecule has 2 rings (SSSR count). The van der Waals surface area contributed by atoms with E-state index in [2.05, 4.69) is 5.32 Å². The summed E-state index contributed by atoms with van der Waals surface area (Å²) in [5.41, 5.74) is -0.551. The molecule has 1 heterocycles. The molecule has 23 heavy (non-hydrogen) atoms. The average molecular weight is 322 g/mol. The molecule has 0 spiro atoms. The summed E-state index contributed by atoms with van der Waals surface area (Å²) in [6, 6.07) is 5.59. The van der Waals surface area contributed by atoms with Crippen molar-refractivity contribution in [3.8, 4) is 5.75 Å². The van der Waals surface area contributed by atoms with Gasteiger partial charge in [-0.1, -0.05) is 0 Å². The van der Waals surface area contributed by atoms with Crippen LogP contribution in [0.2, 0.25) is 0 Å². The first-order chi connectivity index (χ1) is 10.9. The van der Waals surface area contributed by atoms with Gasteiger partial charge in [-0.3, -0.25) is 10.1 Å². The monoisotopic (exact) mass is 322 g/mol. The molecule has 1 aromatic carbocycles. The van der Waals surface area contributed by atoms with Crippen LogP contribution in [0.5, 0.6) is 5.75 Å². The van der Waals surface area contributed by atoms with Crippen molar-refractivity contribution in [3.05, 3.63) is 34.4 Å². The van der Waals surface area contributed by atoms with Gasteiger partial charge in [0.25, 0.3) is 5.69 Å². The predicted octanol–water partition coefficient (Wildman–Crippen LogP) is 2.29. The van der Waals surface area contributed by atoms with Crippen molar-refractivity contribution in [2.24, 2.45) is 5.92 Å². The summed E-state index contributed by atoms with van der Waals surface area (Å²) in [4.78, 5) is 22.1. The van der Waals surface area contributed by atoms with Gasteiger partial charge in [0, 0.05) is 18.1 Å². The van der Waals surface area contributed by atoms with Crippen LogP contribution in [-0.4, -0.2) is 36.2 Å². The van der Waals surface area contributed by atoms with Crippen LogP contribution >= 0.6 is 0 Å². The Labute approximate surface area is 135 Å². The van der Waals surface area contributed by atoms with Gasteiger partial charge in [-0.15, -0.1) is 0 Å². The molecular formula is C16H22N2O5. The van der Waals surface area contributed by atoms with Gasteiger partial charge in [0.2, 0.25) is 0 Å². The molecule has 7 heteroatoms. The number of rotatable bonds is 6. The lowest BCUT2D eigenvalue weighted by molar-refractivity contribution is -0.384. The van der Waals surface area contributed by atoms with E-state index in [4.69, 9.17) is 9.47 Å². The highest BCUT2D eigenvalue weighted by atomic mass is 16.6. The predicted molar refractivity (Wildman–Crippen MR) is 84.4 cm³/mol. The largest absolute Gasteiger partial charge is 0.482 e. The number of hydrogen-bond acceptors (Lipinski definition) is 6. The third-order valence-corrected chi connectivity index (χ3v) is 4.10. The summed E-state index contributed by atoms with van der Waals surface area (Å²) in [6.07, 6.45) is 1.95. The summed E-state index contributed by atoms with van der Waals surface area (Å²) in [5, 5.41) is 13.9. The summed E-state index contributed by atoms with van der Waals surface area (Å²) in [7, 11) is 0. The molecule has 0 saturated carbocycles. The number of esters is 1. The second-order valence-corrected chi connectivity index (χ2v) is 6.14. The first-order valence-electron chi connectivity index (χ1n) is 7.68. The van der Waals surface area contributed by atoms with E-state index < -0.39 is 16.5 Å². The van der Waals surface area contributed by atoms with Gasteiger partial charge in [0.1, 0.15) is 11.4 Å². The van der Waals surface area contributed by atoms with Gasteiger partial charge in [-0.2, -0.15) is 0 Å². The number of nitro groups is 1. The van der Waals surface area contributed by atoms with E-state index >= 15 is 0 Å². The van der Waals surface area contributed by atoms with Crippen LogP contribution in [0, 0.1) is 16.0 Å². The minimum absolute atomic E-state index is 0.0213. The van der Waals surface area contributed by atoms with Gasteiger partial charge in [0.15, 0.2) is 6.61 Å². The van der Waals surface area contributed by atoms with E-state index in [1.165, 1.54) is 24.3 Å². The van der Waals surface area contributed by atoms with Gasteiger partial charge in [-0.05, 0) is 51.9 Å². The number of benzene rings is 1. The normalized spacial score (nSPS) is 15.9. The maximum atomic E-state index is 12.0. The number of nitro benzene ring substituents is 1. The lowest BCUT2D eigenvalue weighted by Crippen LogP contribution is -2.43. The van der Waals surface area contributed by atoms with Crippen LogP contribution in [0.25, 0.3) is 0 Å². The SMILES string of the molecule is CC(C)(OC(=O)COc1ccc([N+](=O)[O-])cc1)C1CCNCC1. The molecule has 0 amide bonds. The molecule has 1 fully saturated rings. The summed E-state index contributed by atoms with van der Waals surface area (Å²) in [6.45, 7) is 5.50. The van der Waals surface area contributed by atoms with Crippen molar-refractivity contribution in [3.63, 3.8) is 0 Å². The minimum atomic E-state index is -0.530. The molecule has 0 aromatic heterocycles. The van der Waals surface area contributed by atoms with Crippen LogP contribution in [0.4, 0.5) is 5.69 Å². The molecule has 1 aliphatic heterocycles. The number of carbonyl (C=O) groups excluding carboxylic acids is 1. The van der Waals surface area contributed by atoms with E-state index in [1.54, 1.807) is 0 Å². The molecule has 0 radical (unpaired) electrons. The maximum Gasteiger partial charge on any atom is 0.344 e. The first kappa shape index (κ1) is 17.2. The number of nitrogens with one attached hydrogen (secondary N) is 1. The van der Waals surface area contributed by atoms with E-state index in [0.717, 1.165) is 25.9 Å². The summed E-state index contributed by atoms with van der Waals surface area (Å²) in [5.74, 6) is 0.284. The highest BCUT2D eigenvalue weighted by Gasteiger charge is 2.34. The van der Waals surface area contributed by atoms with Crippen LogP contribution in [0.15, 0.2) is 24.3 Å². The van der Waals surface area contributed by atoms with E-state index in [-0.39, 0.29) is 12.3 Å². The Bertz CT molecular complexity index is 550. The fourth-order valence-electron chi connectivity index (χ4n) is 2.73. The van der Waals surface area contributed by atoms with E-state index in [1.807, 2.05) is 13.8 Å². The van der Waals surface area contributed by atoms with Crippen molar-refractivity contribution >= 4 is 11.7 Å². The molecule has 1 saturated heterocycles. The Balaban J connectivity index is 1.83. The lowest BCUT2D eigenvalue weighted by atomic mass is 9.83. The van der Waals surface area contributed by atoms with Crippen molar-refractivity contribution in [2.75, 3.05) is 19.7 Å². The topological polar surface area (TPSA) is 90.7 Å². The second kappa shape index (κ2) is 7.41. The van der Waals surface area contributed by atoms with Crippen molar-refractivity contribution in [2.45, 2.75) is 32.3 Å². The molecule has 1 aliphatic rings. The molecule has 0 bridgehead atoms. The number of nitrogens with zero attached hydrogens (tertiary/aromatic N) is 1. The highest BCUT2D eigenvalue weighted by molar-refractivity contribution is 5.71. The van der Waals surface area contributed by atoms with Gasteiger partial charge in [-0.25, -0.2) is 4.79 Å². The third kappa shape index (κ3) is 4.92. The number of piperidine rings is 1. The van der Waals surface area contributed by atoms with Gasteiger partial charge < -0.3 is 14.8 Å². The molecule has 1 N–H and O–H groups in total. The number of carbonyl (C=O) groups is 1. The highest BCUT2D eigenvalue weighted by Crippen LogP contribution is 2.29. The molecule has 0 aliphatic carbocycles. The standard InChI is InChI=1S/C16H22N2O5/c1-16(2,12-7-9-17-10-8-12)23-15(19)11-22-14-5-3-13(4-6-14)18(20)21/h3-6,12,17H,7-11H2,1-2H3. The third-order valence-electron chi connectivity index (χ3n) is 4.10. The quantitative estimate of drug-likeness (QED) is 0.491. The fourth-order valence-corrected chi connectivity index (χ4v) is 2.73. The smallest absolute Gasteiger partial charge is 0.344 e. The molecule has 0 unspecified atom stereocenters. The Kier molecular flexibility index (Phi) is 5.54. The minimum Gasteiger partial charge on any atom is -0.482 e. The fraction of sp³-hybridized carbons (Fsp3) is 0.562. The van der Waals surface area contributed by atoms with Gasteiger partial charge in [0.05, 0.1) is 4.92 Å². The van der Waals surface area contributed by atoms with E-state index in [9.17, 15) is 14.9 Å². The Morgan fingerprint density at radius 2 is 1.91 bits per heavy atom. The van der Waals surface area contributed by atoms with E-state index in [0.29, 0.717) is 11.7 Å². The molecular weight excluding hydrogens is 300 g/mol. The van der Waals surface area contributed by atoms with Crippen LogP contribution in [0.3, 0.4) is 0 Å². The molecule has 1 aromatic rings. The zero-order valence-corrected chi connectivity index (χ0v) is 13.4. The first-order valence-corrected chi connectivity index (χ1v) is 7.68. The van der Waals surface area contributed by atoms with Crippen molar-refractivity contribution in [1.82, 2.24) is 5.32 Å². The van der Waals surface area contributed by atoms with Crippen LogP contribution in [0.1, 0.15) is 26.7 Å². The van der Waals surface area contributed by atoms with Crippen molar-refractivity contribution in [1.29, 1.82) is 0 Å². The lowest BCUT2D eigenvalue weighted by Gasteiger charge is -2.36. The Hall–Kier alpha value is -2.15. The zero-order chi connectivity index (χ0) is 16.9. The summed E-state index contributed by atoms with van der Waals surface area (Å²) < 4.78 is 10.9. The van der Waals surface area contributed by atoms with Crippen LogP contribution < -0.4 is 10.1 Å². The number of non-ortho nitro benzene ring substituents is 1. The maximum absolute atomic E-state index is 12.0. The zero-order valence-electron chi connectivity index (χ0n) is 13.4. The number of ether oxygens (including phenoxy) is 2. The Morgan fingerprint density at radius 3 is 2.48 bits per heavy atom. The van der Waals surface area contributed by atoms with Gasteiger partial charge >= 0.3 is 5.97 Å². The second-order valence-electron chi connectivity index (χ2n) is 6.14. The van der Waals surface area contributed by atoms with Crippen molar-refractivity contribution < 1.29 is 19.2 Å².